The molecule has 0 aromatic heterocycles. The molecule has 0 bridgehead atoms. The lowest BCUT2D eigenvalue weighted by Gasteiger charge is -2.27. The number of aliphatic hydroxyl groups excluding tert-OH is 2. The summed E-state index contributed by atoms with van der Waals surface area (Å²) in [5.74, 6) is 0.594. The third-order valence-corrected chi connectivity index (χ3v) is 3.72. The van der Waals surface area contributed by atoms with Gasteiger partial charge in [0.15, 0.2) is 5.78 Å². The van der Waals surface area contributed by atoms with E-state index in [0.29, 0.717) is 18.6 Å². The van der Waals surface area contributed by atoms with Gasteiger partial charge in [0.1, 0.15) is 12.4 Å². The Kier molecular flexibility index (Phi) is 5.21. The molecule has 0 spiro atoms. The van der Waals surface area contributed by atoms with E-state index in [-0.39, 0.29) is 24.5 Å². The van der Waals surface area contributed by atoms with Gasteiger partial charge >= 0.3 is 0 Å². The lowest BCUT2D eigenvalue weighted by molar-refractivity contribution is -0.120. The summed E-state index contributed by atoms with van der Waals surface area (Å²) in [4.78, 5) is 11.9. The number of Topliss-reactive ketones (excluding diaryl/α,β-unsaturated/α-hetero) is 1. The second kappa shape index (κ2) is 6.77. The fourth-order valence-electron chi connectivity index (χ4n) is 2.45. The van der Waals surface area contributed by atoms with Crippen molar-refractivity contribution in [2.24, 2.45) is 0 Å². The van der Waals surface area contributed by atoms with E-state index >= 15 is 0 Å². The number of aliphatic hydroxyl groups is 2. The van der Waals surface area contributed by atoms with Gasteiger partial charge < -0.3 is 20.3 Å². The molecule has 0 heterocycles. The van der Waals surface area contributed by atoms with Crippen LogP contribution < -0.4 is 10.1 Å². The first-order valence-corrected chi connectivity index (χ1v) is 7.62. The highest BCUT2D eigenvalue weighted by Gasteiger charge is 2.27. The number of carbonyl (C=O) groups is 1. The molecule has 22 heavy (non-hydrogen) atoms. The Labute approximate surface area is 131 Å². The lowest BCUT2D eigenvalue weighted by Crippen LogP contribution is -2.40. The second-order valence-electron chi connectivity index (χ2n) is 6.87. The Balaban J connectivity index is 1.97. The van der Waals surface area contributed by atoms with Gasteiger partial charge in [0.25, 0.3) is 0 Å². The van der Waals surface area contributed by atoms with Crippen LogP contribution in [0, 0.1) is 0 Å². The van der Waals surface area contributed by atoms with Gasteiger partial charge in [-0.25, -0.2) is 0 Å². The smallest absolute Gasteiger partial charge is 0.183 e. The van der Waals surface area contributed by atoms with Crippen molar-refractivity contribution in [3.8, 4) is 5.75 Å². The van der Waals surface area contributed by atoms with Crippen molar-refractivity contribution in [1.29, 1.82) is 0 Å². The van der Waals surface area contributed by atoms with Crippen LogP contribution in [0.15, 0.2) is 18.2 Å². The van der Waals surface area contributed by atoms with Crippen molar-refractivity contribution in [3.63, 3.8) is 0 Å². The van der Waals surface area contributed by atoms with Crippen molar-refractivity contribution < 1.29 is 19.7 Å². The molecule has 1 aromatic rings. The number of hydrogen-bond donors (Lipinski definition) is 3. The number of ether oxygens (including phenoxy) is 1. The Hall–Kier alpha value is -1.43. The number of fused-ring (bicyclic) bond motifs is 1. The topological polar surface area (TPSA) is 78.8 Å². The van der Waals surface area contributed by atoms with Crippen LogP contribution in [-0.2, 0) is 17.6 Å². The zero-order valence-electron chi connectivity index (χ0n) is 13.4. The molecule has 2 rings (SSSR count). The number of nitrogens with one attached hydrogen (secondary N) is 1. The third kappa shape index (κ3) is 4.53. The summed E-state index contributed by atoms with van der Waals surface area (Å²) in [7, 11) is 0. The van der Waals surface area contributed by atoms with E-state index in [4.69, 9.17) is 4.74 Å². The average Bonchev–Trinajstić information content (AvgIpc) is 2.43. The van der Waals surface area contributed by atoms with Crippen molar-refractivity contribution in [1.82, 2.24) is 5.32 Å². The highest BCUT2D eigenvalue weighted by Crippen LogP contribution is 2.30. The highest BCUT2D eigenvalue weighted by molar-refractivity contribution is 5.82. The summed E-state index contributed by atoms with van der Waals surface area (Å²) >= 11 is 0. The van der Waals surface area contributed by atoms with Crippen LogP contribution in [0.4, 0.5) is 0 Å². The van der Waals surface area contributed by atoms with Crippen LogP contribution in [-0.4, -0.2) is 46.9 Å². The van der Waals surface area contributed by atoms with Crippen LogP contribution in [0.25, 0.3) is 0 Å². The lowest BCUT2D eigenvalue weighted by atomic mass is 9.87. The number of hydrogen-bond acceptors (Lipinski definition) is 5. The summed E-state index contributed by atoms with van der Waals surface area (Å²) in [5.41, 5.74) is 1.74. The summed E-state index contributed by atoms with van der Waals surface area (Å²) < 4.78 is 5.63. The molecular weight excluding hydrogens is 282 g/mol. The minimum absolute atomic E-state index is 0.00180. The van der Waals surface area contributed by atoms with Gasteiger partial charge in [-0.15, -0.1) is 0 Å². The monoisotopic (exact) mass is 307 g/mol. The average molecular weight is 307 g/mol. The first-order chi connectivity index (χ1) is 10.3. The Morgan fingerprint density at radius 1 is 1.27 bits per heavy atom. The van der Waals surface area contributed by atoms with E-state index in [1.807, 2.05) is 32.9 Å². The maximum Gasteiger partial charge on any atom is 0.183 e. The first kappa shape index (κ1) is 16.9. The quantitative estimate of drug-likeness (QED) is 0.751. The molecule has 1 aliphatic rings. The van der Waals surface area contributed by atoms with Gasteiger partial charge in [-0.3, -0.25) is 4.79 Å². The number of rotatable bonds is 5. The molecule has 3 N–H and O–H groups in total. The molecule has 1 aliphatic carbocycles. The highest BCUT2D eigenvalue weighted by atomic mass is 16.5. The fourth-order valence-corrected chi connectivity index (χ4v) is 2.45. The SMILES string of the molecule is CC(C)(C)NCC(=O)COc1cccc2c1C[C@H](O)[C@H](O)C2. The van der Waals surface area contributed by atoms with Crippen LogP contribution in [0.5, 0.6) is 5.75 Å². The molecule has 5 heteroatoms. The molecule has 0 radical (unpaired) electrons. The van der Waals surface area contributed by atoms with Crippen molar-refractivity contribution in [3.05, 3.63) is 29.3 Å². The molecule has 0 fully saturated rings. The van der Waals surface area contributed by atoms with E-state index in [1.54, 1.807) is 6.07 Å². The molecule has 0 saturated heterocycles. The largest absolute Gasteiger partial charge is 0.485 e. The van der Waals surface area contributed by atoms with Crippen LogP contribution in [0.3, 0.4) is 0 Å². The molecule has 5 nitrogen and oxygen atoms in total. The van der Waals surface area contributed by atoms with Crippen molar-refractivity contribution in [2.45, 2.75) is 51.4 Å². The standard InChI is InChI=1S/C17H25NO4/c1-17(2,3)18-9-12(19)10-22-16-6-4-5-11-7-14(20)15(21)8-13(11)16/h4-6,14-15,18,20-21H,7-10H2,1-3H3/t14-,15+/m1/s1. The second-order valence-corrected chi connectivity index (χ2v) is 6.87. The predicted molar refractivity (Wildman–Crippen MR) is 84.1 cm³/mol. The number of ketones is 1. The van der Waals surface area contributed by atoms with Crippen LogP contribution in [0.1, 0.15) is 31.9 Å². The van der Waals surface area contributed by atoms with Gasteiger partial charge in [-0.2, -0.15) is 0 Å². The minimum atomic E-state index is -0.782. The van der Waals surface area contributed by atoms with Crippen LogP contribution >= 0.6 is 0 Å². The van der Waals surface area contributed by atoms with E-state index in [9.17, 15) is 15.0 Å². The summed E-state index contributed by atoms with van der Waals surface area (Å²) in [6, 6.07) is 5.56. The first-order valence-electron chi connectivity index (χ1n) is 7.62. The van der Waals surface area contributed by atoms with E-state index in [0.717, 1.165) is 11.1 Å². The van der Waals surface area contributed by atoms with Gasteiger partial charge in [-0.1, -0.05) is 12.1 Å². The summed E-state index contributed by atoms with van der Waals surface area (Å²) in [6.07, 6.45) is -0.759. The van der Waals surface area contributed by atoms with Gasteiger partial charge in [-0.05, 0) is 32.4 Å². The third-order valence-electron chi connectivity index (χ3n) is 3.72. The van der Waals surface area contributed by atoms with Crippen molar-refractivity contribution in [2.75, 3.05) is 13.2 Å². The van der Waals surface area contributed by atoms with E-state index in [1.165, 1.54) is 0 Å². The summed E-state index contributed by atoms with van der Waals surface area (Å²) in [6.45, 7) is 6.27. The molecule has 1 aromatic carbocycles. The maximum absolute atomic E-state index is 11.9. The zero-order chi connectivity index (χ0) is 16.3. The molecule has 0 saturated carbocycles. The van der Waals surface area contributed by atoms with Gasteiger partial charge in [0.2, 0.25) is 0 Å². The Morgan fingerprint density at radius 3 is 2.64 bits per heavy atom. The van der Waals surface area contributed by atoms with Crippen molar-refractivity contribution >= 4 is 5.78 Å². The Bertz CT molecular complexity index is 536. The molecule has 0 unspecified atom stereocenters. The van der Waals surface area contributed by atoms with Crippen LogP contribution in [0.2, 0.25) is 0 Å². The summed E-state index contributed by atoms with van der Waals surface area (Å²) in [5, 5.41) is 22.7. The van der Waals surface area contributed by atoms with E-state index in [2.05, 4.69) is 5.32 Å². The normalized spacial score (nSPS) is 21.3. The number of carbonyl (C=O) groups excluding carboxylic acids is 1. The predicted octanol–water partition coefficient (Wildman–Crippen LogP) is 0.843. The molecule has 122 valence electrons. The minimum Gasteiger partial charge on any atom is -0.485 e. The Morgan fingerprint density at radius 2 is 1.95 bits per heavy atom. The molecule has 0 aliphatic heterocycles. The fraction of sp³-hybridized carbons (Fsp3) is 0.588. The van der Waals surface area contributed by atoms with Gasteiger partial charge in [0, 0.05) is 23.9 Å². The van der Waals surface area contributed by atoms with E-state index < -0.39 is 12.2 Å². The maximum atomic E-state index is 11.9. The van der Waals surface area contributed by atoms with Gasteiger partial charge in [0.05, 0.1) is 18.8 Å². The molecular formula is C17H25NO4. The zero-order valence-corrected chi connectivity index (χ0v) is 13.4. The molecule has 0 amide bonds. The number of benzene rings is 1. The molecule has 2 atom stereocenters.